The van der Waals surface area contributed by atoms with Crippen LogP contribution in [0.4, 0.5) is 11.5 Å². The van der Waals surface area contributed by atoms with E-state index in [0.717, 1.165) is 6.20 Å². The molecule has 0 radical (unpaired) electrons. The summed E-state index contributed by atoms with van der Waals surface area (Å²) in [7, 11) is 0. The van der Waals surface area contributed by atoms with E-state index in [-0.39, 0.29) is 11.0 Å². The van der Waals surface area contributed by atoms with Gasteiger partial charge >= 0.3 is 5.69 Å². The van der Waals surface area contributed by atoms with E-state index in [1.54, 1.807) is 12.1 Å². The monoisotopic (exact) mass is 358 g/mol. The second kappa shape index (κ2) is 5.59. The largest absolute Gasteiger partial charge is 0.384 e. The summed E-state index contributed by atoms with van der Waals surface area (Å²) in [5.41, 5.74) is 4.81. The van der Waals surface area contributed by atoms with E-state index >= 15 is 0 Å². The summed E-state index contributed by atoms with van der Waals surface area (Å²) in [5, 5.41) is 11.2. The molecule has 7 nitrogen and oxygen atoms in total. The molecular weight excluding hydrogens is 352 g/mol. The van der Waals surface area contributed by atoms with Crippen LogP contribution in [-0.4, -0.2) is 14.5 Å². The molecule has 2 N–H and O–H groups in total. The number of nitrogen functional groups attached to an aromatic ring is 1. The number of nitrogens with zero attached hydrogens (tertiary/aromatic N) is 3. The van der Waals surface area contributed by atoms with Crippen molar-refractivity contribution in [3.63, 3.8) is 0 Å². The fourth-order valence-electron chi connectivity index (χ4n) is 1.59. The van der Waals surface area contributed by atoms with Gasteiger partial charge in [-0.2, -0.15) is 0 Å². The minimum absolute atomic E-state index is 0.0896. The first-order chi connectivity index (χ1) is 9.38. The van der Waals surface area contributed by atoms with Crippen molar-refractivity contribution in [1.82, 2.24) is 9.55 Å². The van der Waals surface area contributed by atoms with E-state index in [2.05, 4.69) is 20.9 Å². The minimum Gasteiger partial charge on any atom is -0.384 e. The SMILES string of the molecule is Nc1ccc(Cl)c(Cn2cc(Br)c(=O)c([N+](=O)[O-])c2)n1. The molecule has 0 saturated heterocycles. The summed E-state index contributed by atoms with van der Waals surface area (Å²) in [4.78, 5) is 25.7. The number of hydrogen-bond acceptors (Lipinski definition) is 5. The van der Waals surface area contributed by atoms with E-state index in [1.165, 1.54) is 10.8 Å². The maximum Gasteiger partial charge on any atom is 0.333 e. The molecule has 20 heavy (non-hydrogen) atoms. The van der Waals surface area contributed by atoms with Gasteiger partial charge in [-0.3, -0.25) is 14.9 Å². The summed E-state index contributed by atoms with van der Waals surface area (Å²) in [6.07, 6.45) is 2.56. The number of halogens is 2. The second-order valence-corrected chi connectivity index (χ2v) is 5.18. The lowest BCUT2D eigenvalue weighted by atomic mass is 10.3. The molecule has 0 spiro atoms. The molecule has 0 aliphatic rings. The van der Waals surface area contributed by atoms with E-state index < -0.39 is 16.0 Å². The molecule has 0 saturated carbocycles. The van der Waals surface area contributed by atoms with Crippen LogP contribution < -0.4 is 11.2 Å². The number of nitrogens with two attached hydrogens (primary N) is 1. The van der Waals surface area contributed by atoms with Gasteiger partial charge in [-0.15, -0.1) is 0 Å². The molecule has 9 heteroatoms. The Morgan fingerprint density at radius 1 is 1.45 bits per heavy atom. The van der Waals surface area contributed by atoms with E-state index in [4.69, 9.17) is 17.3 Å². The fraction of sp³-hybridized carbons (Fsp3) is 0.0909. The Bertz CT molecular complexity index is 747. The van der Waals surface area contributed by atoms with Gasteiger partial charge in [0.1, 0.15) is 5.82 Å². The maximum absolute atomic E-state index is 11.6. The molecule has 0 amide bonds. The first-order valence-electron chi connectivity index (χ1n) is 5.33. The molecule has 2 rings (SSSR count). The molecular formula is C11H8BrClN4O3. The van der Waals surface area contributed by atoms with Gasteiger partial charge in [0.15, 0.2) is 0 Å². The Hall–Kier alpha value is -1.93. The molecule has 2 heterocycles. The molecule has 0 bridgehead atoms. The summed E-state index contributed by atoms with van der Waals surface area (Å²) in [6.45, 7) is 0.156. The van der Waals surface area contributed by atoms with Crippen LogP contribution >= 0.6 is 27.5 Å². The predicted molar refractivity (Wildman–Crippen MR) is 77.8 cm³/mol. The third kappa shape index (κ3) is 2.97. The summed E-state index contributed by atoms with van der Waals surface area (Å²) in [5.74, 6) is 0.291. The Morgan fingerprint density at radius 3 is 2.80 bits per heavy atom. The van der Waals surface area contributed by atoms with Crippen molar-refractivity contribution in [2.45, 2.75) is 6.54 Å². The van der Waals surface area contributed by atoms with Crippen molar-refractivity contribution in [3.05, 3.63) is 60.1 Å². The lowest BCUT2D eigenvalue weighted by Gasteiger charge is -2.08. The Balaban J connectivity index is 2.46. The van der Waals surface area contributed by atoms with Crippen LogP contribution in [0.3, 0.4) is 0 Å². The van der Waals surface area contributed by atoms with Crippen LogP contribution in [0.2, 0.25) is 5.02 Å². The zero-order chi connectivity index (χ0) is 14.9. The zero-order valence-corrected chi connectivity index (χ0v) is 12.3. The van der Waals surface area contributed by atoms with Crippen LogP contribution in [0, 0.1) is 10.1 Å². The van der Waals surface area contributed by atoms with E-state index in [9.17, 15) is 14.9 Å². The molecule has 104 valence electrons. The highest BCUT2D eigenvalue weighted by Crippen LogP contribution is 2.18. The molecule has 0 aliphatic heterocycles. The first kappa shape index (κ1) is 14.5. The first-order valence-corrected chi connectivity index (χ1v) is 6.50. The lowest BCUT2D eigenvalue weighted by molar-refractivity contribution is -0.386. The van der Waals surface area contributed by atoms with Crippen molar-refractivity contribution in [2.24, 2.45) is 0 Å². The molecule has 2 aromatic rings. The molecule has 0 aromatic carbocycles. The summed E-state index contributed by atoms with van der Waals surface area (Å²) in [6, 6.07) is 3.14. The predicted octanol–water partition coefficient (Wildman–Crippen LogP) is 2.20. The van der Waals surface area contributed by atoms with Crippen molar-refractivity contribution >= 4 is 39.0 Å². The van der Waals surface area contributed by atoms with Gasteiger partial charge in [0.2, 0.25) is 0 Å². The van der Waals surface area contributed by atoms with Gasteiger partial charge in [-0.1, -0.05) is 11.6 Å². The van der Waals surface area contributed by atoms with Crippen LogP contribution in [-0.2, 0) is 6.54 Å². The Labute approximate surface area is 126 Å². The second-order valence-electron chi connectivity index (χ2n) is 3.91. The topological polar surface area (TPSA) is 104 Å². The molecule has 2 aromatic heterocycles. The van der Waals surface area contributed by atoms with Gasteiger partial charge in [-0.25, -0.2) is 4.98 Å². The molecule has 0 unspecified atom stereocenters. The van der Waals surface area contributed by atoms with Crippen molar-refractivity contribution in [1.29, 1.82) is 0 Å². The highest BCUT2D eigenvalue weighted by molar-refractivity contribution is 9.10. The van der Waals surface area contributed by atoms with Gasteiger partial charge in [0.05, 0.1) is 32.9 Å². The van der Waals surface area contributed by atoms with Crippen molar-refractivity contribution in [2.75, 3.05) is 5.73 Å². The molecule has 0 aliphatic carbocycles. The number of rotatable bonds is 3. The highest BCUT2D eigenvalue weighted by Gasteiger charge is 2.16. The number of anilines is 1. The fourth-order valence-corrected chi connectivity index (χ4v) is 2.22. The average Bonchev–Trinajstić information content (AvgIpc) is 2.37. The number of aromatic nitrogens is 2. The van der Waals surface area contributed by atoms with Crippen LogP contribution in [0.1, 0.15) is 5.69 Å². The van der Waals surface area contributed by atoms with E-state index in [1.807, 2.05) is 0 Å². The lowest BCUT2D eigenvalue weighted by Crippen LogP contribution is -2.14. The Morgan fingerprint density at radius 2 is 2.15 bits per heavy atom. The van der Waals surface area contributed by atoms with Crippen LogP contribution in [0.15, 0.2) is 33.8 Å². The summed E-state index contributed by atoms with van der Waals surface area (Å²) < 4.78 is 1.53. The van der Waals surface area contributed by atoms with Crippen LogP contribution in [0.5, 0.6) is 0 Å². The normalized spacial score (nSPS) is 10.5. The minimum atomic E-state index is -0.738. The van der Waals surface area contributed by atoms with E-state index in [0.29, 0.717) is 16.5 Å². The smallest absolute Gasteiger partial charge is 0.333 e. The number of pyridine rings is 2. The standard InChI is InChI=1S/C11H8BrClN4O3/c12-6-3-16(5-9(11(6)18)17(19)20)4-8-7(13)1-2-10(14)15-8/h1-3,5H,4H2,(H2,14,15). The van der Waals surface area contributed by atoms with Gasteiger partial charge in [0, 0.05) is 6.20 Å². The third-order valence-corrected chi connectivity index (χ3v) is 3.40. The van der Waals surface area contributed by atoms with Gasteiger partial charge in [-0.05, 0) is 28.1 Å². The van der Waals surface area contributed by atoms with Gasteiger partial charge < -0.3 is 10.3 Å². The third-order valence-electron chi connectivity index (χ3n) is 2.49. The van der Waals surface area contributed by atoms with Crippen molar-refractivity contribution < 1.29 is 4.92 Å². The van der Waals surface area contributed by atoms with Crippen molar-refractivity contribution in [3.8, 4) is 0 Å². The molecule has 0 atom stereocenters. The quantitative estimate of drug-likeness (QED) is 0.668. The Kier molecular flexibility index (Phi) is 4.05. The van der Waals surface area contributed by atoms with Gasteiger partial charge in [0.25, 0.3) is 5.43 Å². The summed E-state index contributed by atoms with van der Waals surface area (Å²) >= 11 is 8.98. The number of hydrogen-bond donors (Lipinski definition) is 1. The number of nitro groups is 1. The average molecular weight is 360 g/mol. The van der Waals surface area contributed by atoms with Crippen LogP contribution in [0.25, 0.3) is 0 Å². The highest BCUT2D eigenvalue weighted by atomic mass is 79.9. The maximum atomic E-state index is 11.6. The molecule has 0 fully saturated rings. The zero-order valence-electron chi connectivity index (χ0n) is 9.92.